The number of nitrogens with two attached hydrogens (primary N) is 1. The Labute approximate surface area is 108 Å². The van der Waals surface area contributed by atoms with Crippen LogP contribution in [0.1, 0.15) is 43.4 Å². The molecule has 0 atom stereocenters. The number of fused-ring (bicyclic) bond motifs is 1. The highest BCUT2D eigenvalue weighted by atomic mass is 16.3. The first-order valence-electron chi connectivity index (χ1n) is 6.94. The van der Waals surface area contributed by atoms with Gasteiger partial charge in [-0.25, -0.2) is 0 Å². The van der Waals surface area contributed by atoms with Crippen LogP contribution in [-0.4, -0.2) is 6.54 Å². The third-order valence-electron chi connectivity index (χ3n) is 4.40. The minimum atomic E-state index is 0.0885. The molecular formula is C16H21NO. The van der Waals surface area contributed by atoms with Gasteiger partial charge in [0.2, 0.25) is 0 Å². The van der Waals surface area contributed by atoms with Gasteiger partial charge in [-0.15, -0.1) is 0 Å². The summed E-state index contributed by atoms with van der Waals surface area (Å²) >= 11 is 0. The third-order valence-corrected chi connectivity index (χ3v) is 4.40. The zero-order valence-corrected chi connectivity index (χ0v) is 11.0. The van der Waals surface area contributed by atoms with E-state index in [9.17, 15) is 0 Å². The molecule has 1 aromatic heterocycles. The van der Waals surface area contributed by atoms with E-state index in [0.29, 0.717) is 6.54 Å². The van der Waals surface area contributed by atoms with E-state index in [0.717, 1.165) is 11.3 Å². The largest absolute Gasteiger partial charge is 0.460 e. The fraction of sp³-hybridized carbons (Fsp3) is 0.500. The fourth-order valence-electron chi connectivity index (χ4n) is 3.20. The Hall–Kier alpha value is -1.28. The van der Waals surface area contributed by atoms with Crippen LogP contribution < -0.4 is 5.73 Å². The Morgan fingerprint density at radius 3 is 2.67 bits per heavy atom. The lowest BCUT2D eigenvalue weighted by Gasteiger charge is -2.34. The second-order valence-electron chi connectivity index (χ2n) is 5.70. The fourth-order valence-corrected chi connectivity index (χ4v) is 3.20. The SMILES string of the molecule is Cc1ccc2oc(C3(CN)CCCCC3)cc2c1. The van der Waals surface area contributed by atoms with Gasteiger partial charge in [-0.05, 0) is 38.0 Å². The molecule has 0 radical (unpaired) electrons. The van der Waals surface area contributed by atoms with Crippen LogP contribution >= 0.6 is 0 Å². The van der Waals surface area contributed by atoms with Crippen LogP contribution in [0.2, 0.25) is 0 Å². The average Bonchev–Trinajstić information content (AvgIpc) is 2.83. The van der Waals surface area contributed by atoms with Gasteiger partial charge in [-0.1, -0.05) is 30.9 Å². The molecule has 2 aromatic rings. The van der Waals surface area contributed by atoms with Gasteiger partial charge in [0.05, 0.1) is 0 Å². The van der Waals surface area contributed by atoms with E-state index in [-0.39, 0.29) is 5.41 Å². The van der Waals surface area contributed by atoms with E-state index < -0.39 is 0 Å². The first kappa shape index (κ1) is 11.8. The van der Waals surface area contributed by atoms with E-state index in [1.807, 2.05) is 0 Å². The molecule has 1 fully saturated rings. The molecule has 1 aliphatic rings. The Morgan fingerprint density at radius 2 is 1.94 bits per heavy atom. The zero-order chi connectivity index (χ0) is 12.6. The van der Waals surface area contributed by atoms with Crippen molar-refractivity contribution in [2.45, 2.75) is 44.4 Å². The maximum absolute atomic E-state index is 6.08. The molecule has 2 nitrogen and oxygen atoms in total. The molecule has 2 heteroatoms. The van der Waals surface area contributed by atoms with Gasteiger partial charge in [0.15, 0.2) is 0 Å². The van der Waals surface area contributed by atoms with E-state index in [1.165, 1.54) is 43.1 Å². The van der Waals surface area contributed by atoms with E-state index in [4.69, 9.17) is 10.2 Å². The highest BCUT2D eigenvalue weighted by Gasteiger charge is 2.35. The quantitative estimate of drug-likeness (QED) is 0.868. The number of rotatable bonds is 2. The normalized spacial score (nSPS) is 19.2. The molecule has 1 saturated carbocycles. The van der Waals surface area contributed by atoms with E-state index in [2.05, 4.69) is 31.2 Å². The first-order chi connectivity index (χ1) is 8.73. The lowest BCUT2D eigenvalue weighted by molar-refractivity contribution is 0.257. The summed E-state index contributed by atoms with van der Waals surface area (Å²) < 4.78 is 6.08. The summed E-state index contributed by atoms with van der Waals surface area (Å²) in [6, 6.07) is 8.57. The third kappa shape index (κ3) is 1.85. The second-order valence-corrected chi connectivity index (χ2v) is 5.70. The Morgan fingerprint density at radius 1 is 1.17 bits per heavy atom. The maximum Gasteiger partial charge on any atom is 0.134 e. The van der Waals surface area contributed by atoms with Crippen molar-refractivity contribution in [3.63, 3.8) is 0 Å². The van der Waals surface area contributed by atoms with Crippen LogP contribution in [-0.2, 0) is 5.41 Å². The van der Waals surface area contributed by atoms with Crippen molar-refractivity contribution in [2.75, 3.05) is 6.54 Å². The Bertz CT molecular complexity index is 549. The summed E-state index contributed by atoms with van der Waals surface area (Å²) in [6.07, 6.45) is 6.21. The van der Waals surface area contributed by atoms with Crippen LogP contribution in [0.4, 0.5) is 0 Å². The molecule has 0 bridgehead atoms. The average molecular weight is 243 g/mol. The minimum Gasteiger partial charge on any atom is -0.460 e. The molecule has 18 heavy (non-hydrogen) atoms. The lowest BCUT2D eigenvalue weighted by atomic mass is 9.72. The van der Waals surface area contributed by atoms with Crippen LogP contribution in [0, 0.1) is 6.92 Å². The van der Waals surface area contributed by atoms with Crippen LogP contribution in [0.25, 0.3) is 11.0 Å². The molecule has 0 aliphatic heterocycles. The highest BCUT2D eigenvalue weighted by molar-refractivity contribution is 5.79. The van der Waals surface area contributed by atoms with Crippen molar-refractivity contribution in [2.24, 2.45) is 5.73 Å². The zero-order valence-electron chi connectivity index (χ0n) is 11.0. The molecule has 1 aromatic carbocycles. The monoisotopic (exact) mass is 243 g/mol. The number of benzene rings is 1. The number of hydrogen-bond acceptors (Lipinski definition) is 2. The number of aryl methyl sites for hydroxylation is 1. The summed E-state index contributed by atoms with van der Waals surface area (Å²) in [5, 5.41) is 1.21. The molecule has 1 heterocycles. The number of hydrogen-bond donors (Lipinski definition) is 1. The van der Waals surface area contributed by atoms with Gasteiger partial charge >= 0.3 is 0 Å². The van der Waals surface area contributed by atoms with Crippen LogP contribution in [0.5, 0.6) is 0 Å². The standard InChI is InChI=1S/C16H21NO/c1-12-5-6-14-13(9-12)10-15(18-14)16(11-17)7-3-2-4-8-16/h5-6,9-10H,2-4,7-8,11,17H2,1H3. The van der Waals surface area contributed by atoms with Gasteiger partial charge < -0.3 is 10.2 Å². The molecular weight excluding hydrogens is 222 g/mol. The van der Waals surface area contributed by atoms with Gasteiger partial charge in [0.25, 0.3) is 0 Å². The molecule has 1 aliphatic carbocycles. The predicted molar refractivity (Wildman–Crippen MR) is 74.8 cm³/mol. The molecule has 0 amide bonds. The molecule has 0 spiro atoms. The van der Waals surface area contributed by atoms with Crippen LogP contribution in [0.15, 0.2) is 28.7 Å². The van der Waals surface area contributed by atoms with Gasteiger partial charge in [-0.2, -0.15) is 0 Å². The van der Waals surface area contributed by atoms with Crippen molar-refractivity contribution in [1.29, 1.82) is 0 Å². The lowest BCUT2D eigenvalue weighted by Crippen LogP contribution is -2.36. The summed E-state index contributed by atoms with van der Waals surface area (Å²) in [5.41, 5.74) is 8.42. The first-order valence-corrected chi connectivity index (χ1v) is 6.94. The predicted octanol–water partition coefficient (Wildman–Crippen LogP) is 3.90. The van der Waals surface area contributed by atoms with E-state index >= 15 is 0 Å². The van der Waals surface area contributed by atoms with Gasteiger partial charge in [0.1, 0.15) is 11.3 Å². The molecule has 0 saturated heterocycles. The van der Waals surface area contributed by atoms with Crippen molar-refractivity contribution < 1.29 is 4.42 Å². The Balaban J connectivity index is 2.06. The van der Waals surface area contributed by atoms with Crippen molar-refractivity contribution in [3.05, 3.63) is 35.6 Å². The number of furan rings is 1. The van der Waals surface area contributed by atoms with Crippen molar-refractivity contribution >= 4 is 11.0 Å². The summed E-state index contributed by atoms with van der Waals surface area (Å²) in [4.78, 5) is 0. The van der Waals surface area contributed by atoms with Gasteiger partial charge in [0, 0.05) is 17.3 Å². The summed E-state index contributed by atoms with van der Waals surface area (Å²) in [5.74, 6) is 1.10. The topological polar surface area (TPSA) is 39.2 Å². The molecule has 2 N–H and O–H groups in total. The van der Waals surface area contributed by atoms with Crippen molar-refractivity contribution in [3.8, 4) is 0 Å². The van der Waals surface area contributed by atoms with Crippen molar-refractivity contribution in [1.82, 2.24) is 0 Å². The Kier molecular flexibility index (Phi) is 2.90. The summed E-state index contributed by atoms with van der Waals surface area (Å²) in [6.45, 7) is 2.82. The second kappa shape index (κ2) is 4.43. The molecule has 3 rings (SSSR count). The van der Waals surface area contributed by atoms with E-state index in [1.54, 1.807) is 0 Å². The summed E-state index contributed by atoms with van der Waals surface area (Å²) in [7, 11) is 0. The highest BCUT2D eigenvalue weighted by Crippen LogP contribution is 2.40. The molecule has 96 valence electrons. The smallest absolute Gasteiger partial charge is 0.134 e. The minimum absolute atomic E-state index is 0.0885. The van der Waals surface area contributed by atoms with Crippen LogP contribution in [0.3, 0.4) is 0 Å². The molecule has 0 unspecified atom stereocenters. The maximum atomic E-state index is 6.08. The van der Waals surface area contributed by atoms with Gasteiger partial charge in [-0.3, -0.25) is 0 Å².